The Morgan fingerprint density at radius 3 is 2.90 bits per heavy atom. The van der Waals surface area contributed by atoms with E-state index in [1.807, 2.05) is 0 Å². The van der Waals surface area contributed by atoms with Gasteiger partial charge in [-0.15, -0.1) is 0 Å². The molecule has 0 aromatic heterocycles. The lowest BCUT2D eigenvalue weighted by Crippen LogP contribution is -2.32. The van der Waals surface area contributed by atoms with Crippen molar-refractivity contribution in [3.05, 3.63) is 0 Å². The van der Waals surface area contributed by atoms with Gasteiger partial charge in [0.25, 0.3) is 0 Å². The average molecular weight is 141 g/mol. The number of nitrogens with zero attached hydrogens (tertiary/aromatic N) is 1. The summed E-state index contributed by atoms with van der Waals surface area (Å²) >= 11 is 0. The maximum absolute atomic E-state index is 5.15. The van der Waals surface area contributed by atoms with Crippen LogP contribution in [-0.4, -0.2) is 38.3 Å². The Morgan fingerprint density at radius 2 is 2.40 bits per heavy atom. The molecule has 1 heterocycles. The molecule has 58 valence electrons. The van der Waals surface area contributed by atoms with Gasteiger partial charge >= 0.3 is 0 Å². The van der Waals surface area contributed by atoms with Crippen molar-refractivity contribution in [2.24, 2.45) is 11.8 Å². The van der Waals surface area contributed by atoms with Gasteiger partial charge in [-0.25, -0.2) is 0 Å². The van der Waals surface area contributed by atoms with E-state index in [-0.39, 0.29) is 0 Å². The summed E-state index contributed by atoms with van der Waals surface area (Å²) in [6, 6.07) is 0.731. The van der Waals surface area contributed by atoms with Gasteiger partial charge in [-0.3, -0.25) is 0 Å². The van der Waals surface area contributed by atoms with Crippen LogP contribution < -0.4 is 0 Å². The van der Waals surface area contributed by atoms with Crippen LogP contribution in [0.4, 0.5) is 0 Å². The lowest BCUT2D eigenvalue weighted by Gasteiger charge is -2.21. The molecule has 2 aliphatic rings. The first-order valence-corrected chi connectivity index (χ1v) is 4.02. The van der Waals surface area contributed by atoms with E-state index in [4.69, 9.17) is 4.74 Å². The van der Waals surface area contributed by atoms with Gasteiger partial charge in [-0.2, -0.15) is 0 Å². The van der Waals surface area contributed by atoms with Crippen molar-refractivity contribution in [1.82, 2.24) is 4.90 Å². The third-order valence-electron chi connectivity index (χ3n) is 2.90. The molecule has 0 spiro atoms. The highest BCUT2D eigenvalue weighted by Crippen LogP contribution is 2.48. The summed E-state index contributed by atoms with van der Waals surface area (Å²) in [6.07, 6.45) is 1.46. The zero-order valence-electron chi connectivity index (χ0n) is 6.71. The van der Waals surface area contributed by atoms with Crippen molar-refractivity contribution < 1.29 is 4.74 Å². The molecule has 1 saturated heterocycles. The second kappa shape index (κ2) is 2.21. The number of fused-ring (bicyclic) bond motifs is 1. The first-order chi connectivity index (χ1) is 4.83. The normalized spacial score (nSPS) is 45.6. The molecule has 1 saturated carbocycles. The molecule has 2 nitrogen and oxygen atoms in total. The van der Waals surface area contributed by atoms with Gasteiger partial charge < -0.3 is 9.64 Å². The van der Waals surface area contributed by atoms with Gasteiger partial charge in [0.2, 0.25) is 0 Å². The average Bonchev–Trinajstić information content (AvgIpc) is 2.57. The predicted molar refractivity (Wildman–Crippen MR) is 39.9 cm³/mol. The van der Waals surface area contributed by atoms with E-state index in [2.05, 4.69) is 11.9 Å². The summed E-state index contributed by atoms with van der Waals surface area (Å²) in [7, 11) is 4.00. The molecule has 2 fully saturated rings. The topological polar surface area (TPSA) is 12.5 Å². The third kappa shape index (κ3) is 0.867. The Balaban J connectivity index is 1.92. The summed E-state index contributed by atoms with van der Waals surface area (Å²) in [4.78, 5) is 2.43. The zero-order valence-corrected chi connectivity index (χ0v) is 6.71. The smallest absolute Gasteiger partial charge is 0.0620 e. The fourth-order valence-corrected chi connectivity index (χ4v) is 2.21. The van der Waals surface area contributed by atoms with E-state index < -0.39 is 0 Å². The second-order valence-corrected chi connectivity index (χ2v) is 3.62. The van der Waals surface area contributed by atoms with Gasteiger partial charge in [0.15, 0.2) is 0 Å². The van der Waals surface area contributed by atoms with Crippen LogP contribution >= 0.6 is 0 Å². The van der Waals surface area contributed by atoms with Crippen molar-refractivity contribution in [2.75, 3.05) is 27.3 Å². The molecule has 0 amide bonds. The summed E-state index contributed by atoms with van der Waals surface area (Å²) in [5.41, 5.74) is 0. The van der Waals surface area contributed by atoms with E-state index >= 15 is 0 Å². The first kappa shape index (κ1) is 6.62. The fraction of sp³-hybridized carbons (Fsp3) is 1.00. The minimum absolute atomic E-state index is 0.731. The summed E-state index contributed by atoms with van der Waals surface area (Å²) in [6.45, 7) is 2.23. The lowest BCUT2D eigenvalue weighted by atomic mass is 10.2. The maximum Gasteiger partial charge on any atom is 0.0620 e. The number of hydrogen-bond acceptors (Lipinski definition) is 2. The van der Waals surface area contributed by atoms with E-state index in [1.54, 1.807) is 7.11 Å². The lowest BCUT2D eigenvalue weighted by molar-refractivity contribution is 0.115. The summed E-state index contributed by atoms with van der Waals surface area (Å²) in [5.74, 6) is 2.00. The molecule has 2 heteroatoms. The van der Waals surface area contributed by atoms with Gasteiger partial charge in [0.1, 0.15) is 0 Å². The standard InChI is InChI=1S/C8H15NO/c1-9-4-6-3-7(6)8(9)5-10-2/h6-8H,3-5H2,1-2H3/t6?,7-,8-/m1/s1. The molecule has 0 radical (unpaired) electrons. The highest BCUT2D eigenvalue weighted by atomic mass is 16.5. The molecule has 0 aromatic carbocycles. The Kier molecular flexibility index (Phi) is 1.46. The number of likely N-dealkylation sites (tertiary alicyclic amines) is 1. The quantitative estimate of drug-likeness (QED) is 0.558. The molecule has 0 bridgehead atoms. The van der Waals surface area contributed by atoms with Crippen LogP contribution in [-0.2, 0) is 4.74 Å². The summed E-state index contributed by atoms with van der Waals surface area (Å²) < 4.78 is 5.15. The molecule has 0 aromatic rings. The Hall–Kier alpha value is -0.0800. The van der Waals surface area contributed by atoms with Crippen molar-refractivity contribution in [3.63, 3.8) is 0 Å². The van der Waals surface area contributed by atoms with Crippen LogP contribution in [0.1, 0.15) is 6.42 Å². The molecule has 0 N–H and O–H groups in total. The van der Waals surface area contributed by atoms with Crippen molar-refractivity contribution >= 4 is 0 Å². The van der Waals surface area contributed by atoms with E-state index in [9.17, 15) is 0 Å². The van der Waals surface area contributed by atoms with Crippen LogP contribution in [0, 0.1) is 11.8 Å². The monoisotopic (exact) mass is 141 g/mol. The third-order valence-corrected chi connectivity index (χ3v) is 2.90. The Morgan fingerprint density at radius 1 is 1.60 bits per heavy atom. The SMILES string of the molecule is COC[C@@H]1[C@@H]2CC2CN1C. The predicted octanol–water partition coefficient (Wildman–Crippen LogP) is 0.583. The van der Waals surface area contributed by atoms with Crippen LogP contribution in [0.2, 0.25) is 0 Å². The summed E-state index contributed by atoms with van der Waals surface area (Å²) in [5, 5.41) is 0. The molecular weight excluding hydrogens is 126 g/mol. The molecule has 1 aliphatic carbocycles. The minimum Gasteiger partial charge on any atom is -0.383 e. The maximum atomic E-state index is 5.15. The number of hydrogen-bond donors (Lipinski definition) is 0. The molecule has 10 heavy (non-hydrogen) atoms. The van der Waals surface area contributed by atoms with Crippen molar-refractivity contribution in [2.45, 2.75) is 12.5 Å². The Labute approximate surface area is 62.2 Å². The largest absolute Gasteiger partial charge is 0.383 e. The molecule has 3 atom stereocenters. The number of likely N-dealkylation sites (N-methyl/N-ethyl adjacent to an activating group) is 1. The van der Waals surface area contributed by atoms with E-state index in [0.29, 0.717) is 0 Å². The number of ether oxygens (including phenoxy) is 1. The van der Waals surface area contributed by atoms with Crippen molar-refractivity contribution in [3.8, 4) is 0 Å². The molecule has 2 rings (SSSR count). The van der Waals surface area contributed by atoms with Gasteiger partial charge in [0.05, 0.1) is 6.61 Å². The number of rotatable bonds is 2. The van der Waals surface area contributed by atoms with Crippen LogP contribution in [0.15, 0.2) is 0 Å². The Bertz CT molecular complexity index is 135. The van der Waals surface area contributed by atoms with Crippen molar-refractivity contribution in [1.29, 1.82) is 0 Å². The van der Waals surface area contributed by atoms with Gasteiger partial charge in [-0.1, -0.05) is 0 Å². The van der Waals surface area contributed by atoms with E-state index in [0.717, 1.165) is 24.5 Å². The number of piperidine rings is 1. The highest BCUT2D eigenvalue weighted by molar-refractivity contribution is 5.02. The van der Waals surface area contributed by atoms with Gasteiger partial charge in [-0.05, 0) is 25.3 Å². The minimum atomic E-state index is 0.731. The van der Waals surface area contributed by atoms with Gasteiger partial charge in [0, 0.05) is 19.7 Å². The zero-order chi connectivity index (χ0) is 7.14. The van der Waals surface area contributed by atoms with E-state index in [1.165, 1.54) is 13.0 Å². The highest BCUT2D eigenvalue weighted by Gasteiger charge is 2.50. The van der Waals surface area contributed by atoms with Crippen LogP contribution in [0.5, 0.6) is 0 Å². The van der Waals surface area contributed by atoms with Crippen LogP contribution in [0.25, 0.3) is 0 Å². The fourth-order valence-electron chi connectivity index (χ4n) is 2.21. The first-order valence-electron chi connectivity index (χ1n) is 4.02. The second-order valence-electron chi connectivity index (χ2n) is 3.62. The number of methoxy groups -OCH3 is 1. The molecular formula is C8H15NO. The van der Waals surface area contributed by atoms with Crippen LogP contribution in [0.3, 0.4) is 0 Å². The molecule has 1 unspecified atom stereocenters. The molecule has 1 aliphatic heterocycles.